The van der Waals surface area contributed by atoms with Crippen molar-refractivity contribution in [1.29, 1.82) is 0 Å². The molecule has 1 saturated carbocycles. The van der Waals surface area contributed by atoms with Crippen molar-refractivity contribution in [3.05, 3.63) is 35.3 Å². The highest BCUT2D eigenvalue weighted by Gasteiger charge is 2.36. The van der Waals surface area contributed by atoms with Crippen LogP contribution in [0, 0.1) is 5.92 Å². The Labute approximate surface area is 172 Å². The lowest BCUT2D eigenvalue weighted by atomic mass is 9.96. The van der Waals surface area contributed by atoms with Crippen molar-refractivity contribution in [3.8, 4) is 0 Å². The molecule has 29 heavy (non-hydrogen) atoms. The van der Waals surface area contributed by atoms with Crippen LogP contribution < -0.4 is 0 Å². The highest BCUT2D eigenvalue weighted by molar-refractivity contribution is 5.76. The van der Waals surface area contributed by atoms with Gasteiger partial charge >= 0.3 is 0 Å². The molecule has 1 saturated heterocycles. The van der Waals surface area contributed by atoms with E-state index in [4.69, 9.17) is 4.42 Å². The fourth-order valence-electron chi connectivity index (χ4n) is 5.06. The van der Waals surface area contributed by atoms with Gasteiger partial charge in [0.2, 0.25) is 5.91 Å². The molecule has 3 unspecified atom stereocenters. The Morgan fingerprint density at radius 3 is 2.93 bits per heavy atom. The molecule has 156 valence electrons. The number of aryl methyl sites for hydroxylation is 2. The number of piperidine rings is 1. The Morgan fingerprint density at radius 1 is 1.17 bits per heavy atom. The Hall–Kier alpha value is -2.11. The number of hydrogen-bond acceptors (Lipinski definition) is 4. The van der Waals surface area contributed by atoms with Crippen LogP contribution in [0.15, 0.2) is 16.5 Å². The molecule has 0 N–H and O–H groups in total. The topological polar surface area (TPSA) is 64.2 Å². The summed E-state index contributed by atoms with van der Waals surface area (Å²) in [5.41, 5.74) is 0. The third kappa shape index (κ3) is 3.99. The van der Waals surface area contributed by atoms with E-state index in [1.54, 1.807) is 0 Å². The van der Waals surface area contributed by atoms with Crippen molar-refractivity contribution < 1.29 is 9.21 Å². The molecule has 4 heterocycles. The maximum Gasteiger partial charge on any atom is 0.223 e. The molecule has 0 spiro atoms. The molecule has 3 atom stereocenters. The smallest absolute Gasteiger partial charge is 0.223 e. The number of carbonyl (C=O) groups is 1. The van der Waals surface area contributed by atoms with Gasteiger partial charge in [-0.1, -0.05) is 13.3 Å². The highest BCUT2D eigenvalue weighted by Crippen LogP contribution is 2.47. The molecular weight excluding hydrogens is 364 g/mol. The number of aromatic nitrogens is 3. The van der Waals surface area contributed by atoms with Crippen molar-refractivity contribution in [1.82, 2.24) is 19.7 Å². The third-order valence-electron chi connectivity index (χ3n) is 7.02. The Balaban J connectivity index is 1.19. The lowest BCUT2D eigenvalue weighted by Gasteiger charge is -2.32. The molecule has 5 rings (SSSR count). The summed E-state index contributed by atoms with van der Waals surface area (Å²) in [6.07, 6.45) is 9.32. The molecule has 0 bridgehead atoms. The fraction of sp³-hybridized carbons (Fsp3) is 0.696. The van der Waals surface area contributed by atoms with Gasteiger partial charge < -0.3 is 13.9 Å². The lowest BCUT2D eigenvalue weighted by molar-refractivity contribution is -0.132. The standard InChI is InChI=1S/C23H32N4O2/c1-16-14-19(16)20-10-8-18(29-20)9-11-22(28)26-12-5-6-17(15-26)23-25-24-21-7-3-2-4-13-27(21)23/h8,10,16-17,19H,2-7,9,11-15H2,1H3. The van der Waals surface area contributed by atoms with Crippen molar-refractivity contribution in [3.63, 3.8) is 0 Å². The van der Waals surface area contributed by atoms with Gasteiger partial charge in [-0.15, -0.1) is 10.2 Å². The van der Waals surface area contributed by atoms with Crippen LogP contribution in [0.3, 0.4) is 0 Å². The lowest BCUT2D eigenvalue weighted by Crippen LogP contribution is -2.40. The van der Waals surface area contributed by atoms with Crippen LogP contribution in [-0.4, -0.2) is 38.7 Å². The summed E-state index contributed by atoms with van der Waals surface area (Å²) in [5, 5.41) is 9.00. The quantitative estimate of drug-likeness (QED) is 0.764. The molecule has 2 fully saturated rings. The second kappa shape index (κ2) is 7.96. The van der Waals surface area contributed by atoms with Crippen LogP contribution in [0.5, 0.6) is 0 Å². The van der Waals surface area contributed by atoms with Crippen LogP contribution in [0.25, 0.3) is 0 Å². The van der Waals surface area contributed by atoms with Crippen molar-refractivity contribution in [2.24, 2.45) is 5.92 Å². The molecule has 6 heteroatoms. The number of rotatable bonds is 5. The van der Waals surface area contributed by atoms with E-state index in [9.17, 15) is 4.79 Å². The number of carbonyl (C=O) groups excluding carboxylic acids is 1. The van der Waals surface area contributed by atoms with Gasteiger partial charge in [0.05, 0.1) is 0 Å². The molecule has 0 aromatic carbocycles. The summed E-state index contributed by atoms with van der Waals surface area (Å²) >= 11 is 0. The molecule has 2 aliphatic heterocycles. The highest BCUT2D eigenvalue weighted by atomic mass is 16.3. The van der Waals surface area contributed by atoms with E-state index in [0.29, 0.717) is 24.7 Å². The summed E-state index contributed by atoms with van der Waals surface area (Å²) in [5.74, 6) is 6.19. The van der Waals surface area contributed by atoms with Gasteiger partial charge in [0.15, 0.2) is 0 Å². The first-order valence-corrected chi connectivity index (χ1v) is 11.5. The zero-order chi connectivity index (χ0) is 19.8. The van der Waals surface area contributed by atoms with E-state index >= 15 is 0 Å². The van der Waals surface area contributed by atoms with E-state index in [-0.39, 0.29) is 5.91 Å². The Morgan fingerprint density at radius 2 is 2.07 bits per heavy atom. The molecule has 1 amide bonds. The maximum atomic E-state index is 12.9. The summed E-state index contributed by atoms with van der Waals surface area (Å²) in [6, 6.07) is 4.15. The number of furan rings is 1. The number of hydrogen-bond donors (Lipinski definition) is 0. The summed E-state index contributed by atoms with van der Waals surface area (Å²) < 4.78 is 8.32. The van der Waals surface area contributed by atoms with Gasteiger partial charge in [-0.25, -0.2) is 0 Å². The van der Waals surface area contributed by atoms with Crippen molar-refractivity contribution >= 4 is 5.91 Å². The van der Waals surface area contributed by atoms with Crippen LogP contribution in [0.1, 0.15) is 86.9 Å². The minimum absolute atomic E-state index is 0.239. The second-order valence-corrected chi connectivity index (χ2v) is 9.24. The number of likely N-dealkylation sites (tertiary alicyclic amines) is 1. The molecule has 1 aliphatic carbocycles. The first kappa shape index (κ1) is 18.9. The molecule has 2 aromatic heterocycles. The third-order valence-corrected chi connectivity index (χ3v) is 7.02. The van der Waals surface area contributed by atoms with Crippen molar-refractivity contribution in [2.75, 3.05) is 13.1 Å². The van der Waals surface area contributed by atoms with Crippen LogP contribution in [0.2, 0.25) is 0 Å². The average Bonchev–Trinajstić information content (AvgIpc) is 3.18. The van der Waals surface area contributed by atoms with Crippen LogP contribution in [0.4, 0.5) is 0 Å². The second-order valence-electron chi connectivity index (χ2n) is 9.24. The van der Waals surface area contributed by atoms with E-state index < -0.39 is 0 Å². The van der Waals surface area contributed by atoms with Gasteiger partial charge in [-0.05, 0) is 50.2 Å². The zero-order valence-electron chi connectivity index (χ0n) is 17.5. The molecular formula is C23H32N4O2. The zero-order valence-corrected chi connectivity index (χ0v) is 17.5. The number of nitrogens with zero attached hydrogens (tertiary/aromatic N) is 4. The fourth-order valence-corrected chi connectivity index (χ4v) is 5.06. The first-order valence-electron chi connectivity index (χ1n) is 11.5. The van der Waals surface area contributed by atoms with E-state index in [2.05, 4.69) is 33.8 Å². The minimum atomic E-state index is 0.239. The van der Waals surface area contributed by atoms with Gasteiger partial charge in [-0.3, -0.25) is 4.79 Å². The average molecular weight is 397 g/mol. The largest absolute Gasteiger partial charge is 0.466 e. The SMILES string of the molecule is CC1CC1c1ccc(CCC(=O)N2CCCC(c3nnc4n3CCCCC4)C2)o1. The predicted molar refractivity (Wildman–Crippen MR) is 110 cm³/mol. The van der Waals surface area contributed by atoms with E-state index in [1.165, 1.54) is 25.7 Å². The van der Waals surface area contributed by atoms with Crippen molar-refractivity contribution in [2.45, 2.75) is 83.1 Å². The summed E-state index contributed by atoms with van der Waals surface area (Å²) in [7, 11) is 0. The minimum Gasteiger partial charge on any atom is -0.466 e. The first-order chi connectivity index (χ1) is 14.2. The predicted octanol–water partition coefficient (Wildman–Crippen LogP) is 4.06. The molecule has 3 aliphatic rings. The van der Waals surface area contributed by atoms with E-state index in [1.807, 2.05) is 4.90 Å². The van der Waals surface area contributed by atoms with Gasteiger partial charge in [-0.2, -0.15) is 0 Å². The normalized spacial score (nSPS) is 26.8. The summed E-state index contributed by atoms with van der Waals surface area (Å²) in [4.78, 5) is 14.9. The molecule has 6 nitrogen and oxygen atoms in total. The van der Waals surface area contributed by atoms with Gasteiger partial charge in [0.1, 0.15) is 23.2 Å². The monoisotopic (exact) mass is 396 g/mol. The molecule has 0 radical (unpaired) electrons. The van der Waals surface area contributed by atoms with Crippen LogP contribution >= 0.6 is 0 Å². The number of fused-ring (bicyclic) bond motifs is 1. The Kier molecular flexibility index (Phi) is 5.18. The summed E-state index contributed by atoms with van der Waals surface area (Å²) in [6.45, 7) is 4.93. The van der Waals surface area contributed by atoms with Gasteiger partial charge in [0, 0.05) is 50.7 Å². The van der Waals surface area contributed by atoms with Crippen LogP contribution in [-0.2, 0) is 24.2 Å². The Bertz CT molecular complexity index is 870. The molecule has 2 aromatic rings. The number of amides is 1. The van der Waals surface area contributed by atoms with E-state index in [0.717, 1.165) is 68.0 Å². The maximum absolute atomic E-state index is 12.9. The van der Waals surface area contributed by atoms with Gasteiger partial charge in [0.25, 0.3) is 0 Å².